The van der Waals surface area contributed by atoms with Crippen LogP contribution in [-0.4, -0.2) is 6.04 Å². The molecule has 2 aromatic rings. The molecule has 1 unspecified atom stereocenters. The molecule has 100 valence electrons. The van der Waals surface area contributed by atoms with E-state index in [0.717, 1.165) is 18.4 Å². The summed E-state index contributed by atoms with van der Waals surface area (Å²) >= 11 is 0. The van der Waals surface area contributed by atoms with E-state index in [1.807, 2.05) is 31.2 Å². The summed E-state index contributed by atoms with van der Waals surface area (Å²) in [7, 11) is 0. The number of halogens is 1. The second-order valence-corrected chi connectivity index (χ2v) is 4.87. The third-order valence-electron chi connectivity index (χ3n) is 3.39. The van der Waals surface area contributed by atoms with Crippen LogP contribution in [0.25, 0.3) is 0 Å². The number of nitrogens with one attached hydrogen (secondary N) is 1. The number of hydrogen-bond acceptors (Lipinski definition) is 1. The highest BCUT2D eigenvalue weighted by Crippen LogP contribution is 2.21. The van der Waals surface area contributed by atoms with Gasteiger partial charge in [-0.3, -0.25) is 0 Å². The molecule has 1 atom stereocenters. The lowest BCUT2D eigenvalue weighted by molar-refractivity contribution is 0.617. The predicted octanol–water partition coefficient (Wildman–Crippen LogP) is 4.57. The summed E-state index contributed by atoms with van der Waals surface area (Å²) in [6.45, 7) is 4.05. The molecule has 0 fully saturated rings. The van der Waals surface area contributed by atoms with Crippen molar-refractivity contribution in [2.24, 2.45) is 0 Å². The molecule has 1 nitrogen and oxygen atoms in total. The number of para-hydroxylation sites is 1. The van der Waals surface area contributed by atoms with Crippen LogP contribution in [0.4, 0.5) is 10.1 Å². The van der Waals surface area contributed by atoms with E-state index in [2.05, 4.69) is 24.4 Å². The zero-order chi connectivity index (χ0) is 13.7. The zero-order valence-corrected chi connectivity index (χ0v) is 11.5. The SMILES string of the molecule is CCC(Cc1ccccc1)Nc1c(C)cccc1F. The molecule has 2 heteroatoms. The lowest BCUT2D eigenvalue weighted by Gasteiger charge is -2.20. The Balaban J connectivity index is 2.11. The average Bonchev–Trinajstić information content (AvgIpc) is 2.43. The highest BCUT2D eigenvalue weighted by Gasteiger charge is 2.11. The van der Waals surface area contributed by atoms with Gasteiger partial charge in [0.2, 0.25) is 0 Å². The lowest BCUT2D eigenvalue weighted by Crippen LogP contribution is -2.22. The van der Waals surface area contributed by atoms with Crippen LogP contribution in [0.2, 0.25) is 0 Å². The van der Waals surface area contributed by atoms with Gasteiger partial charge in [0.1, 0.15) is 5.82 Å². The van der Waals surface area contributed by atoms with E-state index in [9.17, 15) is 4.39 Å². The number of benzene rings is 2. The molecule has 2 rings (SSSR count). The lowest BCUT2D eigenvalue weighted by atomic mass is 10.0. The molecule has 0 saturated heterocycles. The van der Waals surface area contributed by atoms with E-state index in [1.165, 1.54) is 11.6 Å². The fraction of sp³-hybridized carbons (Fsp3) is 0.294. The molecule has 0 saturated carbocycles. The minimum absolute atomic E-state index is 0.175. The number of aryl methyl sites for hydroxylation is 1. The third kappa shape index (κ3) is 3.57. The Kier molecular flexibility index (Phi) is 4.56. The highest BCUT2D eigenvalue weighted by atomic mass is 19.1. The largest absolute Gasteiger partial charge is 0.379 e. The van der Waals surface area contributed by atoms with Crippen molar-refractivity contribution in [1.29, 1.82) is 0 Å². The van der Waals surface area contributed by atoms with E-state index in [-0.39, 0.29) is 11.9 Å². The van der Waals surface area contributed by atoms with Crippen LogP contribution in [0.5, 0.6) is 0 Å². The van der Waals surface area contributed by atoms with Crippen molar-refractivity contribution in [1.82, 2.24) is 0 Å². The zero-order valence-electron chi connectivity index (χ0n) is 11.5. The molecular weight excluding hydrogens is 237 g/mol. The molecule has 0 bridgehead atoms. The Labute approximate surface area is 114 Å². The van der Waals surface area contributed by atoms with Gasteiger partial charge in [0.05, 0.1) is 5.69 Å². The maximum atomic E-state index is 13.8. The fourth-order valence-corrected chi connectivity index (χ4v) is 2.21. The van der Waals surface area contributed by atoms with Crippen LogP contribution in [0, 0.1) is 12.7 Å². The normalized spacial score (nSPS) is 12.2. The maximum Gasteiger partial charge on any atom is 0.146 e. The Morgan fingerprint density at radius 3 is 2.42 bits per heavy atom. The predicted molar refractivity (Wildman–Crippen MR) is 79.0 cm³/mol. The quantitative estimate of drug-likeness (QED) is 0.827. The second kappa shape index (κ2) is 6.37. The van der Waals surface area contributed by atoms with E-state index >= 15 is 0 Å². The molecule has 0 aromatic heterocycles. The van der Waals surface area contributed by atoms with Gasteiger partial charge in [0.15, 0.2) is 0 Å². The van der Waals surface area contributed by atoms with Gasteiger partial charge in [-0.15, -0.1) is 0 Å². The van der Waals surface area contributed by atoms with Crippen LogP contribution in [0.3, 0.4) is 0 Å². The topological polar surface area (TPSA) is 12.0 Å². The Hall–Kier alpha value is -1.83. The number of anilines is 1. The second-order valence-electron chi connectivity index (χ2n) is 4.87. The molecular formula is C17H20FN. The summed E-state index contributed by atoms with van der Waals surface area (Å²) in [4.78, 5) is 0. The first-order chi connectivity index (χ1) is 9.20. The van der Waals surface area contributed by atoms with Gasteiger partial charge in [-0.2, -0.15) is 0 Å². The summed E-state index contributed by atoms with van der Waals surface area (Å²) in [5.74, 6) is -0.175. The smallest absolute Gasteiger partial charge is 0.146 e. The van der Waals surface area contributed by atoms with E-state index < -0.39 is 0 Å². The molecule has 0 radical (unpaired) electrons. The van der Waals surface area contributed by atoms with E-state index in [1.54, 1.807) is 6.07 Å². The molecule has 0 aliphatic carbocycles. The van der Waals surface area contributed by atoms with Gasteiger partial charge in [-0.25, -0.2) is 4.39 Å². The average molecular weight is 257 g/mol. The first kappa shape index (κ1) is 13.6. The van der Waals surface area contributed by atoms with Crippen LogP contribution >= 0.6 is 0 Å². The molecule has 19 heavy (non-hydrogen) atoms. The summed E-state index contributed by atoms with van der Waals surface area (Å²) < 4.78 is 13.8. The van der Waals surface area contributed by atoms with Crippen molar-refractivity contribution in [3.8, 4) is 0 Å². The van der Waals surface area contributed by atoms with E-state index in [0.29, 0.717) is 5.69 Å². The summed E-state index contributed by atoms with van der Waals surface area (Å²) in [6.07, 6.45) is 1.87. The van der Waals surface area contributed by atoms with Crippen molar-refractivity contribution >= 4 is 5.69 Å². The molecule has 0 spiro atoms. The molecule has 0 heterocycles. The number of hydrogen-bond donors (Lipinski definition) is 1. The maximum absolute atomic E-state index is 13.8. The van der Waals surface area contributed by atoms with Crippen molar-refractivity contribution < 1.29 is 4.39 Å². The molecule has 2 aromatic carbocycles. The standard InChI is InChI=1S/C17H20FN/c1-3-15(12-14-9-5-4-6-10-14)19-17-13(2)8-7-11-16(17)18/h4-11,15,19H,3,12H2,1-2H3. The minimum atomic E-state index is -0.175. The van der Waals surface area contributed by atoms with Gasteiger partial charge >= 0.3 is 0 Å². The first-order valence-corrected chi connectivity index (χ1v) is 6.76. The minimum Gasteiger partial charge on any atom is -0.379 e. The van der Waals surface area contributed by atoms with Crippen LogP contribution in [-0.2, 0) is 6.42 Å². The summed E-state index contributed by atoms with van der Waals surface area (Å²) in [5.41, 5.74) is 2.85. The Morgan fingerprint density at radius 2 is 1.79 bits per heavy atom. The van der Waals surface area contributed by atoms with Crippen molar-refractivity contribution in [3.05, 3.63) is 65.5 Å². The monoisotopic (exact) mass is 257 g/mol. The van der Waals surface area contributed by atoms with Crippen LogP contribution < -0.4 is 5.32 Å². The van der Waals surface area contributed by atoms with Gasteiger partial charge < -0.3 is 5.32 Å². The van der Waals surface area contributed by atoms with Gasteiger partial charge in [0, 0.05) is 6.04 Å². The summed E-state index contributed by atoms with van der Waals surface area (Å²) in [6, 6.07) is 15.7. The third-order valence-corrected chi connectivity index (χ3v) is 3.39. The van der Waals surface area contributed by atoms with E-state index in [4.69, 9.17) is 0 Å². The van der Waals surface area contributed by atoms with Crippen LogP contribution in [0.1, 0.15) is 24.5 Å². The number of rotatable bonds is 5. The molecule has 0 aliphatic rings. The Bertz CT molecular complexity index is 502. The molecule has 1 N–H and O–H groups in total. The van der Waals surface area contributed by atoms with Crippen molar-refractivity contribution in [2.75, 3.05) is 5.32 Å². The first-order valence-electron chi connectivity index (χ1n) is 6.76. The van der Waals surface area contributed by atoms with Gasteiger partial charge in [0.25, 0.3) is 0 Å². The highest BCUT2D eigenvalue weighted by molar-refractivity contribution is 5.52. The molecule has 0 aliphatic heterocycles. The van der Waals surface area contributed by atoms with Crippen molar-refractivity contribution in [3.63, 3.8) is 0 Å². The van der Waals surface area contributed by atoms with Gasteiger partial charge in [-0.1, -0.05) is 49.4 Å². The summed E-state index contributed by atoms with van der Waals surface area (Å²) in [5, 5.41) is 3.34. The Morgan fingerprint density at radius 1 is 1.05 bits per heavy atom. The molecule has 0 amide bonds. The van der Waals surface area contributed by atoms with Crippen molar-refractivity contribution in [2.45, 2.75) is 32.7 Å². The fourth-order valence-electron chi connectivity index (χ4n) is 2.21. The van der Waals surface area contributed by atoms with Gasteiger partial charge in [-0.05, 0) is 37.0 Å². The van der Waals surface area contributed by atoms with Crippen LogP contribution in [0.15, 0.2) is 48.5 Å².